The predicted molar refractivity (Wildman–Crippen MR) is 108 cm³/mol. The van der Waals surface area contributed by atoms with Gasteiger partial charge in [0.15, 0.2) is 0 Å². The molecule has 0 aliphatic heterocycles. The number of alkyl halides is 3. The second-order valence-corrected chi connectivity index (χ2v) is 9.17. The van der Waals surface area contributed by atoms with E-state index >= 15 is 0 Å². The quantitative estimate of drug-likeness (QED) is 0.541. The first-order valence-corrected chi connectivity index (χ1v) is 10.9. The lowest BCUT2D eigenvalue weighted by Crippen LogP contribution is -2.63. The molecule has 0 radical (unpaired) electrons. The monoisotopic (exact) mass is 482 g/mol. The van der Waals surface area contributed by atoms with Gasteiger partial charge in [0, 0.05) is 18.9 Å². The van der Waals surface area contributed by atoms with Crippen LogP contribution in [0.15, 0.2) is 24.4 Å². The van der Waals surface area contributed by atoms with E-state index in [1.165, 1.54) is 36.7 Å². The molecule has 1 aromatic heterocycles. The minimum atomic E-state index is -4.75. The number of amides is 1. The summed E-state index contributed by atoms with van der Waals surface area (Å²) in [5.41, 5.74) is -2.36. The van der Waals surface area contributed by atoms with Gasteiger partial charge in [-0.1, -0.05) is 11.6 Å². The number of halogens is 5. The van der Waals surface area contributed by atoms with Crippen LogP contribution in [0.3, 0.4) is 0 Å². The minimum absolute atomic E-state index is 0.143. The van der Waals surface area contributed by atoms with Gasteiger partial charge < -0.3 is 9.88 Å². The zero-order valence-electron chi connectivity index (χ0n) is 16.4. The Kier molecular flexibility index (Phi) is 6.02. The molecule has 1 fully saturated rings. The number of benzene rings is 1. The van der Waals surface area contributed by atoms with E-state index in [1.54, 1.807) is 4.72 Å². The zero-order chi connectivity index (χ0) is 23.2. The Bertz CT molecular complexity index is 1130. The predicted octanol–water partition coefficient (Wildman–Crippen LogP) is 4.11. The molecular formula is C18H19ClF4N4O3S. The number of hydrogen-bond acceptors (Lipinski definition) is 3. The van der Waals surface area contributed by atoms with Crippen molar-refractivity contribution in [3.63, 3.8) is 0 Å². The molecule has 0 spiro atoms. The topological polar surface area (TPSA) is 92.2 Å². The van der Waals surface area contributed by atoms with Crippen LogP contribution in [0.5, 0.6) is 0 Å². The van der Waals surface area contributed by atoms with Crippen LogP contribution in [-0.4, -0.2) is 30.6 Å². The third-order valence-electron chi connectivity index (χ3n) is 5.07. The summed E-state index contributed by atoms with van der Waals surface area (Å²) in [6.07, 6.45) is -4.09. The fraction of sp³-hybridized carbons (Fsp3) is 0.389. The molecule has 3 rings (SSSR count). The largest absolute Gasteiger partial charge is 0.407 e. The summed E-state index contributed by atoms with van der Waals surface area (Å²) >= 11 is 6.14. The van der Waals surface area contributed by atoms with Gasteiger partial charge >= 0.3 is 6.18 Å². The van der Waals surface area contributed by atoms with Crippen molar-refractivity contribution >= 4 is 39.1 Å². The van der Waals surface area contributed by atoms with E-state index in [-0.39, 0.29) is 41.4 Å². The number of rotatable bonds is 6. The van der Waals surface area contributed by atoms with Gasteiger partial charge in [-0.25, -0.2) is 4.39 Å². The third-order valence-corrected chi connectivity index (χ3v) is 6.61. The van der Waals surface area contributed by atoms with Crippen LogP contribution in [0.4, 0.5) is 28.9 Å². The van der Waals surface area contributed by atoms with Crippen molar-refractivity contribution in [2.24, 2.45) is 7.05 Å². The first kappa shape index (κ1) is 23.4. The molecule has 0 unspecified atom stereocenters. The minimum Gasteiger partial charge on any atom is -0.343 e. The first-order chi connectivity index (χ1) is 14.2. The van der Waals surface area contributed by atoms with Gasteiger partial charge in [0.2, 0.25) is 0 Å². The lowest BCUT2D eigenvalue weighted by atomic mass is 9.77. The number of hydrogen-bond donors (Lipinski definition) is 3. The van der Waals surface area contributed by atoms with Crippen LogP contribution in [0, 0.1) is 12.7 Å². The molecule has 1 aromatic carbocycles. The van der Waals surface area contributed by atoms with Crippen molar-refractivity contribution in [2.45, 2.75) is 37.9 Å². The van der Waals surface area contributed by atoms with Gasteiger partial charge in [0.25, 0.3) is 16.1 Å². The lowest BCUT2D eigenvalue weighted by Gasteiger charge is -2.42. The summed E-state index contributed by atoms with van der Waals surface area (Å²) in [6, 6.07) is 3.90. The van der Waals surface area contributed by atoms with Crippen LogP contribution >= 0.6 is 11.6 Å². The SMILES string of the molecule is Cc1cc(NC(=O)c2c(Cl)c(NS(=O)(=O)NC3(C(F)(F)F)CCC3)cn2C)ccc1F. The number of aryl methyl sites for hydroxylation is 2. The molecule has 13 heteroatoms. The fourth-order valence-corrected chi connectivity index (χ4v) is 4.94. The van der Waals surface area contributed by atoms with E-state index in [9.17, 15) is 30.8 Å². The molecule has 0 bridgehead atoms. The van der Waals surface area contributed by atoms with E-state index < -0.39 is 33.6 Å². The molecule has 1 heterocycles. The highest BCUT2D eigenvalue weighted by Gasteiger charge is 2.60. The summed E-state index contributed by atoms with van der Waals surface area (Å²) in [6.45, 7) is 1.51. The summed E-state index contributed by atoms with van der Waals surface area (Å²) in [7, 11) is -3.24. The zero-order valence-corrected chi connectivity index (χ0v) is 18.0. The molecule has 7 nitrogen and oxygen atoms in total. The maximum absolute atomic E-state index is 13.4. The molecule has 2 aromatic rings. The van der Waals surface area contributed by atoms with Crippen LogP contribution < -0.4 is 14.8 Å². The number of carbonyl (C=O) groups excluding carboxylic acids is 1. The molecule has 3 N–H and O–H groups in total. The molecule has 1 saturated carbocycles. The van der Waals surface area contributed by atoms with Crippen molar-refractivity contribution in [1.29, 1.82) is 0 Å². The smallest absolute Gasteiger partial charge is 0.343 e. The van der Waals surface area contributed by atoms with Crippen molar-refractivity contribution in [3.8, 4) is 0 Å². The van der Waals surface area contributed by atoms with Crippen LogP contribution in [0.1, 0.15) is 35.3 Å². The number of nitrogens with one attached hydrogen (secondary N) is 3. The van der Waals surface area contributed by atoms with Gasteiger partial charge in [0.05, 0.1) is 10.7 Å². The summed E-state index contributed by atoms with van der Waals surface area (Å²) in [4.78, 5) is 12.6. The molecule has 1 amide bonds. The number of aromatic nitrogens is 1. The average molecular weight is 483 g/mol. The number of carbonyl (C=O) groups is 1. The van der Waals surface area contributed by atoms with Gasteiger partial charge in [-0.3, -0.25) is 9.52 Å². The lowest BCUT2D eigenvalue weighted by molar-refractivity contribution is -0.212. The third kappa shape index (κ3) is 4.65. The molecule has 0 saturated heterocycles. The molecule has 31 heavy (non-hydrogen) atoms. The standard InChI is InChI=1S/C18H19ClF4N4O3S/c1-10-8-11(4-5-12(10)20)24-16(28)15-14(19)13(9-27(15)2)25-31(29,30)26-17(6-3-7-17)18(21,22)23/h4-5,8-9,25-26H,3,6-7H2,1-2H3,(H,24,28). The molecule has 1 aliphatic rings. The van der Waals surface area contributed by atoms with Crippen molar-refractivity contribution in [3.05, 3.63) is 46.5 Å². The highest BCUT2D eigenvalue weighted by atomic mass is 35.5. The Labute approximate surface area is 180 Å². The van der Waals surface area contributed by atoms with E-state index in [4.69, 9.17) is 11.6 Å². The average Bonchev–Trinajstić information content (AvgIpc) is 2.86. The maximum Gasteiger partial charge on any atom is 0.407 e. The normalized spacial score (nSPS) is 16.0. The Morgan fingerprint density at radius 2 is 1.90 bits per heavy atom. The van der Waals surface area contributed by atoms with E-state index in [1.807, 2.05) is 4.72 Å². The van der Waals surface area contributed by atoms with Gasteiger partial charge in [-0.05, 0) is 49.9 Å². The Morgan fingerprint density at radius 3 is 2.42 bits per heavy atom. The molecule has 1 aliphatic carbocycles. The maximum atomic E-state index is 13.4. The highest BCUT2D eigenvalue weighted by Crippen LogP contribution is 2.45. The first-order valence-electron chi connectivity index (χ1n) is 9.05. The number of anilines is 2. The summed E-state index contributed by atoms with van der Waals surface area (Å²) in [5.74, 6) is -1.18. The van der Waals surface area contributed by atoms with E-state index in [0.29, 0.717) is 5.56 Å². The Morgan fingerprint density at radius 1 is 1.26 bits per heavy atom. The van der Waals surface area contributed by atoms with E-state index in [0.717, 1.165) is 6.20 Å². The Balaban J connectivity index is 1.80. The summed E-state index contributed by atoms with van der Waals surface area (Å²) < 4.78 is 82.7. The Hall–Kier alpha value is -2.31. The summed E-state index contributed by atoms with van der Waals surface area (Å²) in [5, 5.41) is 2.20. The highest BCUT2D eigenvalue weighted by molar-refractivity contribution is 7.90. The molecular weight excluding hydrogens is 464 g/mol. The second kappa shape index (κ2) is 7.99. The molecule has 170 valence electrons. The van der Waals surface area contributed by atoms with E-state index in [2.05, 4.69) is 5.32 Å². The van der Waals surface area contributed by atoms with Crippen molar-refractivity contribution < 1.29 is 30.8 Å². The van der Waals surface area contributed by atoms with Gasteiger partial charge in [0.1, 0.15) is 17.1 Å². The van der Waals surface area contributed by atoms with Crippen LogP contribution in [0.25, 0.3) is 0 Å². The fourth-order valence-electron chi connectivity index (χ4n) is 3.24. The van der Waals surface area contributed by atoms with Crippen molar-refractivity contribution in [1.82, 2.24) is 9.29 Å². The number of nitrogens with zero attached hydrogens (tertiary/aromatic N) is 1. The van der Waals surface area contributed by atoms with Crippen LogP contribution in [-0.2, 0) is 17.3 Å². The van der Waals surface area contributed by atoms with Gasteiger partial charge in [-0.15, -0.1) is 0 Å². The second-order valence-electron chi connectivity index (χ2n) is 7.38. The van der Waals surface area contributed by atoms with Crippen molar-refractivity contribution in [2.75, 3.05) is 10.0 Å². The van der Waals surface area contributed by atoms with Crippen LogP contribution in [0.2, 0.25) is 5.02 Å². The molecule has 0 atom stereocenters. The van der Waals surface area contributed by atoms with Gasteiger partial charge in [-0.2, -0.15) is 26.3 Å².